The van der Waals surface area contributed by atoms with E-state index in [2.05, 4.69) is 9.72 Å². The van der Waals surface area contributed by atoms with Gasteiger partial charge in [-0.25, -0.2) is 4.39 Å². The number of carbonyl (C=O) groups is 1. The van der Waals surface area contributed by atoms with Gasteiger partial charge in [-0.05, 0) is 13.0 Å². The quantitative estimate of drug-likeness (QED) is 0.647. The first-order valence-corrected chi connectivity index (χ1v) is 3.81. The summed E-state index contributed by atoms with van der Waals surface area (Å²) in [5.74, 6) is -0.887. The summed E-state index contributed by atoms with van der Waals surface area (Å²) in [5.41, 5.74) is 0.851. The van der Waals surface area contributed by atoms with E-state index in [1.54, 1.807) is 6.92 Å². The fraction of sp³-hybridized carbons (Fsp3) is 0.333. The molecule has 3 nitrogen and oxygen atoms in total. The van der Waals surface area contributed by atoms with Crippen LogP contribution in [0.1, 0.15) is 11.3 Å². The zero-order chi connectivity index (χ0) is 9.84. The Kier molecular flexibility index (Phi) is 2.95. The van der Waals surface area contributed by atoms with Crippen LogP contribution in [-0.2, 0) is 16.0 Å². The molecule has 0 aliphatic carbocycles. The number of aryl methyl sites for hydroxylation is 1. The summed E-state index contributed by atoms with van der Waals surface area (Å²) in [6, 6.07) is 1.29. The van der Waals surface area contributed by atoms with E-state index in [-0.39, 0.29) is 12.0 Å². The van der Waals surface area contributed by atoms with Gasteiger partial charge in [0, 0.05) is 17.5 Å². The molecule has 0 atom stereocenters. The average molecular weight is 183 g/mol. The summed E-state index contributed by atoms with van der Waals surface area (Å²) >= 11 is 0. The van der Waals surface area contributed by atoms with Gasteiger partial charge in [-0.2, -0.15) is 0 Å². The van der Waals surface area contributed by atoms with E-state index >= 15 is 0 Å². The van der Waals surface area contributed by atoms with Crippen LogP contribution in [-0.4, -0.2) is 18.1 Å². The Bertz CT molecular complexity index is 325. The number of hydrogen-bond acceptors (Lipinski definition) is 3. The summed E-state index contributed by atoms with van der Waals surface area (Å²) < 4.78 is 17.5. The minimum Gasteiger partial charge on any atom is -0.469 e. The van der Waals surface area contributed by atoms with Gasteiger partial charge in [0.1, 0.15) is 5.82 Å². The van der Waals surface area contributed by atoms with Gasteiger partial charge in [0.25, 0.3) is 0 Å². The highest BCUT2D eigenvalue weighted by Gasteiger charge is 2.08. The molecule has 0 saturated carbocycles. The molecule has 13 heavy (non-hydrogen) atoms. The summed E-state index contributed by atoms with van der Waals surface area (Å²) in [6.07, 6.45) is 1.27. The lowest BCUT2D eigenvalue weighted by Gasteiger charge is -2.01. The maximum atomic E-state index is 13.1. The van der Waals surface area contributed by atoms with Crippen LogP contribution in [0.15, 0.2) is 12.3 Å². The molecular weight excluding hydrogens is 173 g/mol. The molecule has 0 fully saturated rings. The highest BCUT2D eigenvalue weighted by molar-refractivity contribution is 5.72. The molecule has 1 aromatic heterocycles. The fourth-order valence-corrected chi connectivity index (χ4v) is 0.913. The molecule has 0 N–H and O–H groups in total. The third-order valence-electron chi connectivity index (χ3n) is 1.63. The van der Waals surface area contributed by atoms with Crippen molar-refractivity contribution in [1.82, 2.24) is 4.98 Å². The van der Waals surface area contributed by atoms with E-state index in [0.29, 0.717) is 5.69 Å². The largest absolute Gasteiger partial charge is 0.469 e. The molecule has 0 spiro atoms. The van der Waals surface area contributed by atoms with Crippen LogP contribution in [0.2, 0.25) is 0 Å². The lowest BCUT2D eigenvalue weighted by Crippen LogP contribution is -2.06. The van der Waals surface area contributed by atoms with Crippen LogP contribution in [0.4, 0.5) is 4.39 Å². The molecule has 1 rings (SSSR count). The van der Waals surface area contributed by atoms with Crippen molar-refractivity contribution in [2.75, 3.05) is 7.11 Å². The highest BCUT2D eigenvalue weighted by atomic mass is 19.1. The predicted octanol–water partition coefficient (Wildman–Crippen LogP) is 1.24. The van der Waals surface area contributed by atoms with Crippen LogP contribution in [0.3, 0.4) is 0 Å². The van der Waals surface area contributed by atoms with Gasteiger partial charge >= 0.3 is 5.97 Å². The summed E-state index contributed by atoms with van der Waals surface area (Å²) in [5, 5.41) is 0. The minimum absolute atomic E-state index is 0.0738. The van der Waals surface area contributed by atoms with Crippen molar-refractivity contribution >= 4 is 5.97 Å². The number of nitrogens with zero attached hydrogens (tertiary/aromatic N) is 1. The lowest BCUT2D eigenvalue weighted by atomic mass is 10.2. The molecule has 0 aliphatic rings. The Morgan fingerprint density at radius 2 is 2.38 bits per heavy atom. The molecular formula is C9H10FNO2. The molecule has 1 aromatic rings. The molecule has 0 saturated heterocycles. The highest BCUT2D eigenvalue weighted by Crippen LogP contribution is 2.08. The van der Waals surface area contributed by atoms with Crippen molar-refractivity contribution in [2.45, 2.75) is 13.3 Å². The fourth-order valence-electron chi connectivity index (χ4n) is 0.913. The summed E-state index contributed by atoms with van der Waals surface area (Å²) in [7, 11) is 1.27. The number of pyridine rings is 1. The smallest absolute Gasteiger partial charge is 0.310 e. The molecule has 0 radical (unpaired) electrons. The molecule has 0 bridgehead atoms. The maximum absolute atomic E-state index is 13.1. The Labute approximate surface area is 75.6 Å². The molecule has 0 aromatic carbocycles. The Balaban J connectivity index is 2.83. The number of carbonyl (C=O) groups excluding carboxylic acids is 1. The van der Waals surface area contributed by atoms with Gasteiger partial charge in [0.05, 0.1) is 13.5 Å². The molecule has 70 valence electrons. The SMILES string of the molecule is COC(=O)Cc1cnc(C)cc1F. The van der Waals surface area contributed by atoms with E-state index in [1.165, 1.54) is 19.4 Å². The molecule has 0 aliphatic heterocycles. The number of methoxy groups -OCH3 is 1. The van der Waals surface area contributed by atoms with E-state index in [9.17, 15) is 9.18 Å². The minimum atomic E-state index is -0.468. The van der Waals surface area contributed by atoms with Gasteiger partial charge in [0.2, 0.25) is 0 Å². The molecule has 0 amide bonds. The third-order valence-corrected chi connectivity index (χ3v) is 1.63. The van der Waals surface area contributed by atoms with Gasteiger partial charge in [-0.15, -0.1) is 0 Å². The second-order valence-corrected chi connectivity index (χ2v) is 2.67. The molecule has 0 unspecified atom stereocenters. The Morgan fingerprint density at radius 3 is 2.92 bits per heavy atom. The number of aromatic nitrogens is 1. The van der Waals surface area contributed by atoms with E-state index in [1.807, 2.05) is 0 Å². The van der Waals surface area contributed by atoms with Crippen LogP contribution in [0.25, 0.3) is 0 Å². The van der Waals surface area contributed by atoms with Crippen molar-refractivity contribution in [2.24, 2.45) is 0 Å². The number of halogens is 1. The van der Waals surface area contributed by atoms with Crippen molar-refractivity contribution in [3.05, 3.63) is 29.3 Å². The predicted molar refractivity (Wildman–Crippen MR) is 44.7 cm³/mol. The maximum Gasteiger partial charge on any atom is 0.310 e. The number of hydrogen-bond donors (Lipinski definition) is 0. The van der Waals surface area contributed by atoms with Crippen molar-refractivity contribution in [3.63, 3.8) is 0 Å². The number of ether oxygens (including phenoxy) is 1. The van der Waals surface area contributed by atoms with E-state index in [0.717, 1.165) is 0 Å². The third kappa shape index (κ3) is 2.50. The second-order valence-electron chi connectivity index (χ2n) is 2.67. The topological polar surface area (TPSA) is 39.2 Å². The molecule has 1 heterocycles. The van der Waals surface area contributed by atoms with Crippen LogP contribution >= 0.6 is 0 Å². The molecule has 4 heteroatoms. The van der Waals surface area contributed by atoms with Crippen molar-refractivity contribution in [1.29, 1.82) is 0 Å². The standard InChI is InChI=1S/C9H10FNO2/c1-6-3-8(10)7(5-11-6)4-9(12)13-2/h3,5H,4H2,1-2H3. The Hall–Kier alpha value is -1.45. The average Bonchev–Trinajstić information content (AvgIpc) is 2.09. The number of rotatable bonds is 2. The zero-order valence-corrected chi connectivity index (χ0v) is 7.50. The van der Waals surface area contributed by atoms with Crippen molar-refractivity contribution < 1.29 is 13.9 Å². The van der Waals surface area contributed by atoms with Gasteiger partial charge < -0.3 is 4.74 Å². The monoisotopic (exact) mass is 183 g/mol. The summed E-state index contributed by atoms with van der Waals surface area (Å²) in [6.45, 7) is 1.69. The van der Waals surface area contributed by atoms with Crippen LogP contribution in [0, 0.1) is 12.7 Å². The summed E-state index contributed by atoms with van der Waals surface area (Å²) in [4.78, 5) is 14.7. The van der Waals surface area contributed by atoms with Gasteiger partial charge in [-0.3, -0.25) is 9.78 Å². The Morgan fingerprint density at radius 1 is 1.69 bits per heavy atom. The zero-order valence-electron chi connectivity index (χ0n) is 7.50. The first-order chi connectivity index (χ1) is 6.13. The first-order valence-electron chi connectivity index (χ1n) is 3.81. The first kappa shape index (κ1) is 9.64. The van der Waals surface area contributed by atoms with Crippen LogP contribution in [0.5, 0.6) is 0 Å². The number of esters is 1. The van der Waals surface area contributed by atoms with Crippen molar-refractivity contribution in [3.8, 4) is 0 Å². The van der Waals surface area contributed by atoms with E-state index in [4.69, 9.17) is 0 Å². The van der Waals surface area contributed by atoms with Crippen LogP contribution < -0.4 is 0 Å². The lowest BCUT2D eigenvalue weighted by molar-refractivity contribution is -0.139. The normalized spacial score (nSPS) is 9.77. The van der Waals surface area contributed by atoms with E-state index < -0.39 is 11.8 Å². The van der Waals surface area contributed by atoms with Gasteiger partial charge in [-0.1, -0.05) is 0 Å². The van der Waals surface area contributed by atoms with Gasteiger partial charge in [0.15, 0.2) is 0 Å². The second kappa shape index (κ2) is 3.98.